The molecule has 98 valence electrons. The van der Waals surface area contributed by atoms with Crippen molar-refractivity contribution in [3.05, 3.63) is 58.6 Å². The minimum Gasteiger partial charge on any atom is -0.399 e. The summed E-state index contributed by atoms with van der Waals surface area (Å²) in [7, 11) is 0. The summed E-state index contributed by atoms with van der Waals surface area (Å²) in [6, 6.07) is 7.41. The summed E-state index contributed by atoms with van der Waals surface area (Å²) in [5.41, 5.74) is 5.72. The lowest BCUT2D eigenvalue weighted by molar-refractivity contribution is 0.102. The van der Waals surface area contributed by atoms with Gasteiger partial charge in [0.25, 0.3) is 5.91 Å². The summed E-state index contributed by atoms with van der Waals surface area (Å²) < 4.78 is 26.5. The lowest BCUT2D eigenvalue weighted by Gasteiger charge is -2.07. The van der Waals surface area contributed by atoms with E-state index in [2.05, 4.69) is 5.32 Å². The largest absolute Gasteiger partial charge is 0.399 e. The molecule has 0 atom stereocenters. The van der Waals surface area contributed by atoms with Gasteiger partial charge in [0.2, 0.25) is 0 Å². The summed E-state index contributed by atoms with van der Waals surface area (Å²) in [5, 5.41) is 2.29. The van der Waals surface area contributed by atoms with Crippen LogP contribution in [0.1, 0.15) is 10.4 Å². The zero-order chi connectivity index (χ0) is 14.0. The van der Waals surface area contributed by atoms with Gasteiger partial charge in [-0.25, -0.2) is 8.78 Å². The van der Waals surface area contributed by atoms with E-state index < -0.39 is 17.5 Å². The fraction of sp³-hybridized carbons (Fsp3) is 0. The van der Waals surface area contributed by atoms with Crippen LogP contribution in [0, 0.1) is 11.6 Å². The molecular weight excluding hydrogens is 274 g/mol. The molecule has 0 aliphatic carbocycles. The summed E-state index contributed by atoms with van der Waals surface area (Å²) in [6.07, 6.45) is 0. The van der Waals surface area contributed by atoms with E-state index in [0.29, 0.717) is 0 Å². The lowest BCUT2D eigenvalue weighted by atomic mass is 10.1. The number of hydrogen-bond donors (Lipinski definition) is 2. The molecule has 0 saturated heterocycles. The van der Waals surface area contributed by atoms with Crippen molar-refractivity contribution in [1.29, 1.82) is 0 Å². The molecule has 1 amide bonds. The minimum atomic E-state index is -0.731. The molecule has 19 heavy (non-hydrogen) atoms. The summed E-state index contributed by atoms with van der Waals surface area (Å²) in [4.78, 5) is 11.8. The third kappa shape index (κ3) is 3.00. The predicted molar refractivity (Wildman–Crippen MR) is 70.2 cm³/mol. The Morgan fingerprint density at radius 2 is 1.84 bits per heavy atom. The van der Waals surface area contributed by atoms with Crippen molar-refractivity contribution in [3.63, 3.8) is 0 Å². The van der Waals surface area contributed by atoms with Crippen LogP contribution in [0.3, 0.4) is 0 Å². The SMILES string of the molecule is Nc1ccc(C(=O)Nc2ccc(F)c(Cl)c2)c(F)c1. The average Bonchev–Trinajstić information content (AvgIpc) is 2.33. The highest BCUT2D eigenvalue weighted by Gasteiger charge is 2.12. The number of nitrogen functional groups attached to an aromatic ring is 1. The van der Waals surface area contributed by atoms with Crippen molar-refractivity contribution in [1.82, 2.24) is 0 Å². The zero-order valence-electron chi connectivity index (χ0n) is 9.58. The number of carbonyl (C=O) groups is 1. The fourth-order valence-electron chi connectivity index (χ4n) is 1.49. The standard InChI is InChI=1S/C13H9ClF2N2O/c14-10-6-8(2-4-11(10)15)18-13(19)9-3-1-7(17)5-12(9)16/h1-6H,17H2,(H,18,19). The van der Waals surface area contributed by atoms with E-state index in [-0.39, 0.29) is 22.0 Å². The van der Waals surface area contributed by atoms with Crippen LogP contribution in [-0.2, 0) is 0 Å². The van der Waals surface area contributed by atoms with Crippen molar-refractivity contribution < 1.29 is 13.6 Å². The molecule has 2 aromatic rings. The molecule has 3 N–H and O–H groups in total. The van der Waals surface area contributed by atoms with Gasteiger partial charge in [-0.05, 0) is 36.4 Å². The van der Waals surface area contributed by atoms with Crippen LogP contribution in [0.15, 0.2) is 36.4 Å². The molecule has 0 bridgehead atoms. The Hall–Kier alpha value is -2.14. The molecule has 3 nitrogen and oxygen atoms in total. The monoisotopic (exact) mass is 282 g/mol. The molecule has 0 aliphatic heterocycles. The zero-order valence-corrected chi connectivity index (χ0v) is 10.3. The molecule has 0 heterocycles. The first-order chi connectivity index (χ1) is 8.97. The summed E-state index contributed by atoms with van der Waals surface area (Å²) >= 11 is 5.58. The Morgan fingerprint density at radius 3 is 2.47 bits per heavy atom. The molecule has 0 aromatic heterocycles. The van der Waals surface area contributed by atoms with Crippen molar-refractivity contribution in [2.75, 3.05) is 11.1 Å². The van der Waals surface area contributed by atoms with E-state index in [9.17, 15) is 13.6 Å². The van der Waals surface area contributed by atoms with Crippen molar-refractivity contribution in [2.45, 2.75) is 0 Å². The van der Waals surface area contributed by atoms with Gasteiger partial charge in [-0.15, -0.1) is 0 Å². The van der Waals surface area contributed by atoms with E-state index in [1.807, 2.05) is 0 Å². The highest BCUT2D eigenvalue weighted by Crippen LogP contribution is 2.20. The van der Waals surface area contributed by atoms with Gasteiger partial charge in [-0.3, -0.25) is 4.79 Å². The molecule has 0 spiro atoms. The van der Waals surface area contributed by atoms with E-state index >= 15 is 0 Å². The van der Waals surface area contributed by atoms with Gasteiger partial charge in [-0.2, -0.15) is 0 Å². The van der Waals surface area contributed by atoms with Gasteiger partial charge in [0.15, 0.2) is 0 Å². The number of carbonyl (C=O) groups excluding carboxylic acids is 1. The summed E-state index contributed by atoms with van der Waals surface area (Å²) in [6.45, 7) is 0. The highest BCUT2D eigenvalue weighted by molar-refractivity contribution is 6.31. The molecule has 2 rings (SSSR count). The van der Waals surface area contributed by atoms with Crippen LogP contribution in [0.2, 0.25) is 5.02 Å². The normalized spacial score (nSPS) is 10.3. The smallest absolute Gasteiger partial charge is 0.258 e. The number of amides is 1. The average molecular weight is 283 g/mol. The number of halogens is 3. The Labute approximate surface area is 113 Å². The Bertz CT molecular complexity index is 647. The molecule has 0 unspecified atom stereocenters. The van der Waals surface area contributed by atoms with Crippen LogP contribution < -0.4 is 11.1 Å². The third-order valence-corrected chi connectivity index (χ3v) is 2.70. The first kappa shape index (κ1) is 13.3. The number of rotatable bonds is 2. The van der Waals surface area contributed by atoms with E-state index in [0.717, 1.165) is 12.1 Å². The maximum atomic E-state index is 13.5. The second-order valence-corrected chi connectivity index (χ2v) is 4.23. The maximum absolute atomic E-state index is 13.5. The molecule has 0 saturated carbocycles. The van der Waals surface area contributed by atoms with Gasteiger partial charge >= 0.3 is 0 Å². The number of nitrogens with one attached hydrogen (secondary N) is 1. The molecule has 0 radical (unpaired) electrons. The van der Waals surface area contributed by atoms with Crippen LogP contribution in [0.4, 0.5) is 20.2 Å². The van der Waals surface area contributed by atoms with Crippen LogP contribution >= 0.6 is 11.6 Å². The van der Waals surface area contributed by atoms with Crippen LogP contribution in [0.25, 0.3) is 0 Å². The van der Waals surface area contributed by atoms with Crippen LogP contribution in [-0.4, -0.2) is 5.91 Å². The number of hydrogen-bond acceptors (Lipinski definition) is 2. The summed E-state index contributed by atoms with van der Waals surface area (Å²) in [5.74, 6) is -2.00. The number of benzene rings is 2. The van der Waals surface area contributed by atoms with Gasteiger partial charge in [-0.1, -0.05) is 11.6 Å². The molecule has 0 fully saturated rings. The topological polar surface area (TPSA) is 55.1 Å². The second-order valence-electron chi connectivity index (χ2n) is 3.82. The molecular formula is C13H9ClF2N2O. The second kappa shape index (κ2) is 5.24. The third-order valence-electron chi connectivity index (χ3n) is 2.42. The Balaban J connectivity index is 2.23. The Kier molecular flexibility index (Phi) is 3.66. The first-order valence-corrected chi connectivity index (χ1v) is 5.66. The van der Waals surface area contributed by atoms with Gasteiger partial charge in [0.1, 0.15) is 11.6 Å². The fourth-order valence-corrected chi connectivity index (χ4v) is 1.67. The van der Waals surface area contributed by atoms with E-state index in [1.165, 1.54) is 24.3 Å². The van der Waals surface area contributed by atoms with Crippen molar-refractivity contribution in [3.8, 4) is 0 Å². The van der Waals surface area contributed by atoms with Crippen molar-refractivity contribution >= 4 is 28.9 Å². The molecule has 0 aliphatic rings. The van der Waals surface area contributed by atoms with E-state index in [1.54, 1.807) is 0 Å². The van der Waals surface area contributed by atoms with Gasteiger partial charge in [0, 0.05) is 11.4 Å². The quantitative estimate of drug-likeness (QED) is 0.829. The predicted octanol–water partition coefficient (Wildman–Crippen LogP) is 3.45. The molecule has 6 heteroatoms. The number of nitrogens with two attached hydrogens (primary N) is 1. The van der Waals surface area contributed by atoms with Gasteiger partial charge < -0.3 is 11.1 Å². The van der Waals surface area contributed by atoms with Gasteiger partial charge in [0.05, 0.1) is 10.6 Å². The van der Waals surface area contributed by atoms with E-state index in [4.69, 9.17) is 17.3 Å². The number of anilines is 2. The van der Waals surface area contributed by atoms with Crippen molar-refractivity contribution in [2.24, 2.45) is 0 Å². The minimum absolute atomic E-state index is 0.129. The lowest BCUT2D eigenvalue weighted by Crippen LogP contribution is -2.14. The first-order valence-electron chi connectivity index (χ1n) is 5.29. The maximum Gasteiger partial charge on any atom is 0.258 e. The highest BCUT2D eigenvalue weighted by atomic mass is 35.5. The van der Waals surface area contributed by atoms with Crippen LogP contribution in [0.5, 0.6) is 0 Å². The Morgan fingerprint density at radius 1 is 1.11 bits per heavy atom. The molecule has 2 aromatic carbocycles.